The molecule has 0 saturated heterocycles. The molecule has 2 aromatic carbocycles. The largest absolute Gasteiger partial charge is 0.490 e. The number of anilines is 1. The van der Waals surface area contributed by atoms with Crippen molar-refractivity contribution in [1.82, 2.24) is 0 Å². The molecule has 0 spiro atoms. The number of hydrogen-bond acceptors (Lipinski definition) is 4. The van der Waals surface area contributed by atoms with Gasteiger partial charge >= 0.3 is 12.1 Å². The fourth-order valence-electron chi connectivity index (χ4n) is 3.82. The first-order valence-corrected chi connectivity index (χ1v) is 11.0. The van der Waals surface area contributed by atoms with Gasteiger partial charge in [0.2, 0.25) is 0 Å². The number of carbonyl (C=O) groups excluding carboxylic acids is 1. The van der Waals surface area contributed by atoms with E-state index in [0.717, 1.165) is 12.8 Å². The number of halogens is 3. The molecule has 0 aromatic heterocycles. The molecule has 174 valence electrons. The van der Waals surface area contributed by atoms with Crippen LogP contribution in [0.25, 0.3) is 11.1 Å². The minimum absolute atomic E-state index is 0.0287. The summed E-state index contributed by atoms with van der Waals surface area (Å²) in [6.45, 7) is 5.61. The van der Waals surface area contributed by atoms with Gasteiger partial charge in [0.15, 0.2) is 5.75 Å². The lowest BCUT2D eigenvalue weighted by molar-refractivity contribution is -0.146. The first-order valence-electron chi connectivity index (χ1n) is 11.0. The molecule has 4 nitrogen and oxygen atoms in total. The molecule has 3 rings (SSSR count). The third-order valence-corrected chi connectivity index (χ3v) is 5.53. The van der Waals surface area contributed by atoms with Crippen LogP contribution in [0.15, 0.2) is 36.4 Å². The van der Waals surface area contributed by atoms with Crippen LogP contribution in [-0.4, -0.2) is 19.2 Å². The SMILES string of the molecule is CCOC(=O)C(CC(C)C)c1cc(-c2ccccc2)c(N)c(OCC2CC2)c1C(F)(F)F. The van der Waals surface area contributed by atoms with Gasteiger partial charge in [0.05, 0.1) is 24.8 Å². The van der Waals surface area contributed by atoms with Gasteiger partial charge in [-0.3, -0.25) is 4.79 Å². The smallest absolute Gasteiger partial charge is 0.420 e. The molecular formula is C25H30F3NO3. The Hall–Kier alpha value is -2.70. The third-order valence-electron chi connectivity index (χ3n) is 5.53. The Morgan fingerprint density at radius 2 is 1.84 bits per heavy atom. The molecule has 1 saturated carbocycles. The molecule has 2 aromatic rings. The standard InChI is InChI=1S/C25H30F3NO3/c1-4-31-24(30)20(12-15(2)3)19-13-18(17-8-6-5-7-9-17)22(29)23(21(19)25(26,27)28)32-14-16-10-11-16/h5-9,13,15-16,20H,4,10-12,14,29H2,1-3H3. The molecule has 1 unspecified atom stereocenters. The minimum Gasteiger partial charge on any atom is -0.490 e. The molecule has 1 aliphatic carbocycles. The summed E-state index contributed by atoms with van der Waals surface area (Å²) >= 11 is 0. The van der Waals surface area contributed by atoms with E-state index in [9.17, 15) is 18.0 Å². The van der Waals surface area contributed by atoms with Crippen molar-refractivity contribution >= 4 is 11.7 Å². The Balaban J connectivity index is 2.28. The first kappa shape index (κ1) is 24.0. The van der Waals surface area contributed by atoms with Gasteiger partial charge < -0.3 is 15.2 Å². The molecule has 0 radical (unpaired) electrons. The zero-order valence-corrected chi connectivity index (χ0v) is 18.7. The number of nitrogens with two attached hydrogens (primary N) is 1. The molecule has 2 N–H and O–H groups in total. The van der Waals surface area contributed by atoms with Crippen LogP contribution in [0.5, 0.6) is 5.75 Å². The van der Waals surface area contributed by atoms with Crippen molar-refractivity contribution in [2.75, 3.05) is 18.9 Å². The fourth-order valence-corrected chi connectivity index (χ4v) is 3.82. The number of alkyl halides is 3. The number of ether oxygens (including phenoxy) is 2. The van der Waals surface area contributed by atoms with Crippen molar-refractivity contribution in [3.8, 4) is 16.9 Å². The average Bonchev–Trinajstić information content (AvgIpc) is 3.55. The molecule has 1 aliphatic rings. The molecule has 0 aliphatic heterocycles. The van der Waals surface area contributed by atoms with E-state index >= 15 is 0 Å². The van der Waals surface area contributed by atoms with Gasteiger partial charge in [0, 0.05) is 5.56 Å². The van der Waals surface area contributed by atoms with E-state index in [4.69, 9.17) is 15.2 Å². The Morgan fingerprint density at radius 1 is 1.19 bits per heavy atom. The van der Waals surface area contributed by atoms with Gasteiger partial charge in [-0.05, 0) is 55.2 Å². The maximum Gasteiger partial charge on any atom is 0.420 e. The topological polar surface area (TPSA) is 61.5 Å². The Kier molecular flexibility index (Phi) is 7.36. The van der Waals surface area contributed by atoms with Gasteiger partial charge in [-0.2, -0.15) is 13.2 Å². The van der Waals surface area contributed by atoms with Gasteiger partial charge in [0.1, 0.15) is 5.56 Å². The fraction of sp³-hybridized carbons (Fsp3) is 0.480. The number of rotatable bonds is 9. The van der Waals surface area contributed by atoms with Crippen molar-refractivity contribution in [2.24, 2.45) is 11.8 Å². The van der Waals surface area contributed by atoms with E-state index < -0.39 is 23.6 Å². The van der Waals surface area contributed by atoms with Crippen LogP contribution >= 0.6 is 0 Å². The lowest BCUT2D eigenvalue weighted by atomic mass is 9.84. The van der Waals surface area contributed by atoms with Crippen LogP contribution in [0.4, 0.5) is 18.9 Å². The summed E-state index contributed by atoms with van der Waals surface area (Å²) in [7, 11) is 0. The predicted molar refractivity (Wildman–Crippen MR) is 118 cm³/mol. The summed E-state index contributed by atoms with van der Waals surface area (Å²) in [5, 5.41) is 0. The second kappa shape index (κ2) is 9.84. The van der Waals surface area contributed by atoms with E-state index in [1.807, 2.05) is 19.9 Å². The van der Waals surface area contributed by atoms with Crippen LogP contribution < -0.4 is 10.5 Å². The quantitative estimate of drug-likeness (QED) is 0.354. The molecule has 0 heterocycles. The number of benzene rings is 2. The Labute approximate surface area is 186 Å². The van der Waals surface area contributed by atoms with E-state index in [0.29, 0.717) is 11.1 Å². The highest BCUT2D eigenvalue weighted by molar-refractivity contribution is 5.87. The second-order valence-corrected chi connectivity index (χ2v) is 8.68. The van der Waals surface area contributed by atoms with Gasteiger partial charge in [-0.15, -0.1) is 0 Å². The van der Waals surface area contributed by atoms with Crippen molar-refractivity contribution in [3.05, 3.63) is 47.5 Å². The highest BCUT2D eigenvalue weighted by Crippen LogP contribution is 2.49. The van der Waals surface area contributed by atoms with E-state index in [2.05, 4.69) is 0 Å². The summed E-state index contributed by atoms with van der Waals surface area (Å²) in [5.41, 5.74) is 6.16. The van der Waals surface area contributed by atoms with Crippen LogP contribution in [0.3, 0.4) is 0 Å². The molecule has 1 atom stereocenters. The molecule has 32 heavy (non-hydrogen) atoms. The maximum absolute atomic E-state index is 14.4. The zero-order chi connectivity index (χ0) is 23.5. The third kappa shape index (κ3) is 5.56. The van der Waals surface area contributed by atoms with Crippen molar-refractivity contribution < 1.29 is 27.4 Å². The maximum atomic E-state index is 14.4. The predicted octanol–water partition coefficient (Wildman–Crippen LogP) is 6.44. The second-order valence-electron chi connectivity index (χ2n) is 8.68. The highest BCUT2D eigenvalue weighted by Gasteiger charge is 2.43. The highest BCUT2D eigenvalue weighted by atomic mass is 19.4. The van der Waals surface area contributed by atoms with Crippen molar-refractivity contribution in [2.45, 2.75) is 52.1 Å². The number of hydrogen-bond donors (Lipinski definition) is 1. The number of esters is 1. The number of nitrogen functional groups attached to an aromatic ring is 1. The van der Waals surface area contributed by atoms with Crippen LogP contribution in [0, 0.1) is 11.8 Å². The van der Waals surface area contributed by atoms with Gasteiger partial charge in [-0.25, -0.2) is 0 Å². The normalized spacial score (nSPS) is 15.0. The Morgan fingerprint density at radius 3 is 2.38 bits per heavy atom. The minimum atomic E-state index is -4.75. The van der Waals surface area contributed by atoms with Crippen LogP contribution in [-0.2, 0) is 15.7 Å². The summed E-state index contributed by atoms with van der Waals surface area (Å²) in [6, 6.07) is 10.3. The number of carbonyl (C=O) groups is 1. The molecule has 1 fully saturated rings. The van der Waals surface area contributed by atoms with Crippen LogP contribution in [0.2, 0.25) is 0 Å². The summed E-state index contributed by atoms with van der Waals surface area (Å²) in [6.07, 6.45) is -2.70. The lowest BCUT2D eigenvalue weighted by Gasteiger charge is -2.26. The van der Waals surface area contributed by atoms with Crippen molar-refractivity contribution in [1.29, 1.82) is 0 Å². The van der Waals surface area contributed by atoms with Gasteiger partial charge in [0.25, 0.3) is 0 Å². The first-order chi connectivity index (χ1) is 15.1. The molecule has 0 bridgehead atoms. The zero-order valence-electron chi connectivity index (χ0n) is 18.7. The van der Waals surface area contributed by atoms with E-state index in [-0.39, 0.29) is 48.5 Å². The molecule has 0 amide bonds. The lowest BCUT2D eigenvalue weighted by Crippen LogP contribution is -2.23. The Bertz CT molecular complexity index is 938. The van der Waals surface area contributed by atoms with E-state index in [1.54, 1.807) is 31.2 Å². The molecule has 7 heteroatoms. The summed E-state index contributed by atoms with van der Waals surface area (Å²) in [4.78, 5) is 12.8. The average molecular weight is 450 g/mol. The van der Waals surface area contributed by atoms with E-state index in [1.165, 1.54) is 6.07 Å². The summed E-state index contributed by atoms with van der Waals surface area (Å²) in [5.74, 6) is -1.95. The summed E-state index contributed by atoms with van der Waals surface area (Å²) < 4.78 is 54.2. The van der Waals surface area contributed by atoms with Gasteiger partial charge in [-0.1, -0.05) is 44.2 Å². The van der Waals surface area contributed by atoms with Crippen LogP contribution in [0.1, 0.15) is 57.1 Å². The molecular weight excluding hydrogens is 419 g/mol. The van der Waals surface area contributed by atoms with Crippen molar-refractivity contribution in [3.63, 3.8) is 0 Å². The monoisotopic (exact) mass is 449 g/mol.